The van der Waals surface area contributed by atoms with Gasteiger partial charge in [0.1, 0.15) is 11.5 Å². The van der Waals surface area contributed by atoms with Gasteiger partial charge in [0.05, 0.1) is 6.26 Å². The van der Waals surface area contributed by atoms with E-state index in [0.29, 0.717) is 35.7 Å². The molecule has 0 fully saturated rings. The fourth-order valence-electron chi connectivity index (χ4n) is 2.84. The Morgan fingerprint density at radius 3 is 2.15 bits per heavy atom. The second kappa shape index (κ2) is 11.4. The standard InChI is InChI=1S/C25H26N4O4/c1-29(2)15-14-23(30)26-19-10-12-20(13-11-19)27-25(32)22(17-21-9-6-16-33-21)28-24(31)18-7-4-3-5-8-18/h3-13,16-17H,14-15H2,1-2H3,(H,26,30)(H,27,32)(H,28,31). The molecule has 3 aromatic rings. The van der Waals surface area contributed by atoms with E-state index in [0.717, 1.165) is 0 Å². The van der Waals surface area contributed by atoms with Crippen LogP contribution in [-0.2, 0) is 9.59 Å². The minimum atomic E-state index is -0.515. The number of hydrogen-bond acceptors (Lipinski definition) is 5. The van der Waals surface area contributed by atoms with E-state index in [2.05, 4.69) is 16.0 Å². The molecule has 170 valence electrons. The van der Waals surface area contributed by atoms with Crippen LogP contribution >= 0.6 is 0 Å². The average Bonchev–Trinajstić information content (AvgIpc) is 3.32. The summed E-state index contributed by atoms with van der Waals surface area (Å²) in [5.41, 5.74) is 1.58. The lowest BCUT2D eigenvalue weighted by Gasteiger charge is -2.12. The van der Waals surface area contributed by atoms with Crippen LogP contribution in [0.4, 0.5) is 11.4 Å². The molecule has 3 amide bonds. The Labute approximate surface area is 192 Å². The molecule has 0 saturated carbocycles. The molecule has 0 radical (unpaired) electrons. The number of carbonyl (C=O) groups excluding carboxylic acids is 3. The number of nitrogens with zero attached hydrogens (tertiary/aromatic N) is 1. The number of furan rings is 1. The fraction of sp³-hybridized carbons (Fsp3) is 0.160. The normalized spacial score (nSPS) is 11.2. The van der Waals surface area contributed by atoms with E-state index in [1.54, 1.807) is 66.7 Å². The Morgan fingerprint density at radius 2 is 1.55 bits per heavy atom. The second-order valence-corrected chi connectivity index (χ2v) is 7.53. The van der Waals surface area contributed by atoms with Crippen LogP contribution in [0, 0.1) is 0 Å². The Hall–Kier alpha value is -4.17. The third-order valence-electron chi connectivity index (χ3n) is 4.57. The van der Waals surface area contributed by atoms with Gasteiger partial charge in [-0.15, -0.1) is 0 Å². The van der Waals surface area contributed by atoms with Gasteiger partial charge in [-0.25, -0.2) is 0 Å². The molecule has 8 nitrogen and oxygen atoms in total. The number of hydrogen-bond donors (Lipinski definition) is 3. The van der Waals surface area contributed by atoms with E-state index in [4.69, 9.17) is 4.42 Å². The molecule has 0 aliphatic heterocycles. The Bertz CT molecular complexity index is 1110. The van der Waals surface area contributed by atoms with Crippen LogP contribution in [0.3, 0.4) is 0 Å². The Balaban J connectivity index is 1.68. The largest absolute Gasteiger partial charge is 0.465 e. The zero-order valence-electron chi connectivity index (χ0n) is 18.5. The minimum Gasteiger partial charge on any atom is -0.465 e. The van der Waals surface area contributed by atoms with E-state index < -0.39 is 11.8 Å². The number of rotatable bonds is 9. The highest BCUT2D eigenvalue weighted by Gasteiger charge is 2.16. The molecule has 0 spiro atoms. The van der Waals surface area contributed by atoms with Gasteiger partial charge in [-0.05, 0) is 62.6 Å². The Morgan fingerprint density at radius 1 is 0.879 bits per heavy atom. The summed E-state index contributed by atoms with van der Waals surface area (Å²) < 4.78 is 5.29. The van der Waals surface area contributed by atoms with Crippen molar-refractivity contribution in [2.45, 2.75) is 6.42 Å². The van der Waals surface area contributed by atoms with Crippen molar-refractivity contribution < 1.29 is 18.8 Å². The Kier molecular flexibility index (Phi) is 8.15. The van der Waals surface area contributed by atoms with Crippen LogP contribution in [-0.4, -0.2) is 43.3 Å². The van der Waals surface area contributed by atoms with E-state index in [9.17, 15) is 14.4 Å². The summed E-state index contributed by atoms with van der Waals surface area (Å²) in [4.78, 5) is 39.4. The summed E-state index contributed by atoms with van der Waals surface area (Å²) in [6, 6.07) is 18.7. The van der Waals surface area contributed by atoms with E-state index in [-0.39, 0.29) is 11.6 Å². The van der Waals surface area contributed by atoms with Crippen molar-refractivity contribution in [3.8, 4) is 0 Å². The van der Waals surface area contributed by atoms with Gasteiger partial charge >= 0.3 is 0 Å². The van der Waals surface area contributed by atoms with Gasteiger partial charge in [-0.2, -0.15) is 0 Å². The molecule has 1 aromatic heterocycles. The van der Waals surface area contributed by atoms with E-state index >= 15 is 0 Å². The molecule has 0 saturated heterocycles. The smallest absolute Gasteiger partial charge is 0.272 e. The van der Waals surface area contributed by atoms with Gasteiger partial charge in [0, 0.05) is 36.0 Å². The number of anilines is 2. The summed E-state index contributed by atoms with van der Waals surface area (Å²) in [5.74, 6) is -0.602. The van der Waals surface area contributed by atoms with Crippen molar-refractivity contribution in [3.05, 3.63) is 90.0 Å². The zero-order chi connectivity index (χ0) is 23.6. The quantitative estimate of drug-likeness (QED) is 0.436. The molecule has 3 rings (SSSR count). The van der Waals surface area contributed by atoms with E-state index in [1.165, 1.54) is 12.3 Å². The van der Waals surface area contributed by atoms with Crippen LogP contribution in [0.5, 0.6) is 0 Å². The minimum absolute atomic E-state index is 0.0277. The van der Waals surface area contributed by atoms with Crippen LogP contribution in [0.1, 0.15) is 22.5 Å². The lowest BCUT2D eigenvalue weighted by Crippen LogP contribution is -2.30. The van der Waals surface area contributed by atoms with Gasteiger partial charge in [-0.3, -0.25) is 14.4 Å². The molecular weight excluding hydrogens is 420 g/mol. The summed E-state index contributed by atoms with van der Waals surface area (Å²) in [6.07, 6.45) is 3.31. The highest BCUT2D eigenvalue weighted by atomic mass is 16.3. The van der Waals surface area contributed by atoms with Gasteiger partial charge in [0.25, 0.3) is 11.8 Å². The first kappa shape index (κ1) is 23.5. The summed E-state index contributed by atoms with van der Waals surface area (Å²) in [5, 5.41) is 8.21. The topological polar surface area (TPSA) is 104 Å². The lowest BCUT2D eigenvalue weighted by molar-refractivity contribution is -0.116. The van der Waals surface area contributed by atoms with Crippen LogP contribution in [0.15, 0.2) is 83.1 Å². The molecule has 0 atom stereocenters. The SMILES string of the molecule is CN(C)CCC(=O)Nc1ccc(NC(=O)C(=Cc2ccco2)NC(=O)c2ccccc2)cc1. The molecule has 33 heavy (non-hydrogen) atoms. The number of benzene rings is 2. The molecular formula is C25H26N4O4. The first-order valence-electron chi connectivity index (χ1n) is 10.4. The van der Waals surface area contributed by atoms with Crippen molar-refractivity contribution in [1.29, 1.82) is 0 Å². The second-order valence-electron chi connectivity index (χ2n) is 7.53. The number of amides is 3. The predicted molar refractivity (Wildman–Crippen MR) is 127 cm³/mol. The molecule has 2 aromatic carbocycles. The summed E-state index contributed by atoms with van der Waals surface area (Å²) in [7, 11) is 3.81. The highest BCUT2D eigenvalue weighted by molar-refractivity contribution is 6.10. The van der Waals surface area contributed by atoms with Gasteiger partial charge in [0.2, 0.25) is 5.91 Å². The van der Waals surface area contributed by atoms with Crippen LogP contribution < -0.4 is 16.0 Å². The van der Waals surface area contributed by atoms with Crippen molar-refractivity contribution in [3.63, 3.8) is 0 Å². The molecule has 0 unspecified atom stereocenters. The maximum absolute atomic E-state index is 12.9. The molecule has 8 heteroatoms. The summed E-state index contributed by atoms with van der Waals surface area (Å²) >= 11 is 0. The van der Waals surface area contributed by atoms with Crippen molar-refractivity contribution in [2.24, 2.45) is 0 Å². The lowest BCUT2D eigenvalue weighted by atomic mass is 10.2. The highest BCUT2D eigenvalue weighted by Crippen LogP contribution is 2.16. The van der Waals surface area contributed by atoms with Crippen molar-refractivity contribution in [2.75, 3.05) is 31.3 Å². The maximum atomic E-state index is 12.9. The fourth-order valence-corrected chi connectivity index (χ4v) is 2.84. The maximum Gasteiger partial charge on any atom is 0.272 e. The van der Waals surface area contributed by atoms with Gasteiger partial charge < -0.3 is 25.3 Å². The van der Waals surface area contributed by atoms with Crippen LogP contribution in [0.25, 0.3) is 6.08 Å². The third-order valence-corrected chi connectivity index (χ3v) is 4.57. The number of carbonyl (C=O) groups is 3. The third kappa shape index (κ3) is 7.48. The number of nitrogens with one attached hydrogen (secondary N) is 3. The van der Waals surface area contributed by atoms with E-state index in [1.807, 2.05) is 19.0 Å². The molecule has 0 bridgehead atoms. The first-order chi connectivity index (χ1) is 15.9. The summed E-state index contributed by atoms with van der Waals surface area (Å²) in [6.45, 7) is 0.652. The molecule has 1 heterocycles. The monoisotopic (exact) mass is 446 g/mol. The first-order valence-corrected chi connectivity index (χ1v) is 10.4. The average molecular weight is 447 g/mol. The van der Waals surface area contributed by atoms with Gasteiger partial charge in [0.15, 0.2) is 0 Å². The predicted octanol–water partition coefficient (Wildman–Crippen LogP) is 3.58. The van der Waals surface area contributed by atoms with Crippen molar-refractivity contribution >= 4 is 35.2 Å². The molecule has 3 N–H and O–H groups in total. The molecule has 0 aliphatic carbocycles. The van der Waals surface area contributed by atoms with Crippen LogP contribution in [0.2, 0.25) is 0 Å². The molecule has 0 aliphatic rings. The zero-order valence-corrected chi connectivity index (χ0v) is 18.5. The van der Waals surface area contributed by atoms with Gasteiger partial charge in [-0.1, -0.05) is 18.2 Å². The van der Waals surface area contributed by atoms with Crippen molar-refractivity contribution in [1.82, 2.24) is 10.2 Å².